The molecule has 0 unspecified atom stereocenters. The number of H-pyrrole nitrogens is 1. The van der Waals surface area contributed by atoms with Crippen molar-refractivity contribution in [2.24, 2.45) is 0 Å². The second-order valence-electron chi connectivity index (χ2n) is 4.42. The van der Waals surface area contributed by atoms with E-state index in [9.17, 15) is 0 Å². The first kappa shape index (κ1) is 9.54. The first-order valence-electron chi connectivity index (χ1n) is 5.96. The molecule has 3 aromatic rings. The second-order valence-corrected chi connectivity index (χ2v) is 4.42. The van der Waals surface area contributed by atoms with Crippen LogP contribution in [0.1, 0.15) is 5.69 Å². The number of rotatable bonds is 0. The molecule has 0 saturated heterocycles. The van der Waals surface area contributed by atoms with Crippen LogP contribution in [0.4, 0.5) is 0 Å². The summed E-state index contributed by atoms with van der Waals surface area (Å²) in [4.78, 5) is 3.40. The maximum Gasteiger partial charge on any atom is 0.159 e. The Kier molecular flexibility index (Phi) is 1.86. The number of hydrogen-bond acceptors (Lipinski definition) is 1. The van der Waals surface area contributed by atoms with E-state index in [2.05, 4.69) is 35.3 Å². The van der Waals surface area contributed by atoms with E-state index >= 15 is 0 Å². The third-order valence-electron chi connectivity index (χ3n) is 3.29. The fourth-order valence-corrected chi connectivity index (χ4v) is 2.39. The zero-order valence-electron chi connectivity index (χ0n) is 9.68. The van der Waals surface area contributed by atoms with E-state index in [1.165, 1.54) is 5.22 Å². The number of benzene rings is 2. The van der Waals surface area contributed by atoms with E-state index < -0.39 is 0 Å². The number of para-hydroxylation sites is 1. The van der Waals surface area contributed by atoms with Gasteiger partial charge in [-0.15, -0.1) is 0 Å². The van der Waals surface area contributed by atoms with E-state index in [4.69, 9.17) is 4.74 Å². The van der Waals surface area contributed by atoms with Gasteiger partial charge in [0, 0.05) is 16.1 Å². The molecule has 0 aliphatic carbocycles. The average molecular weight is 233 g/mol. The zero-order chi connectivity index (χ0) is 11.9. The average Bonchev–Trinajstić information content (AvgIpc) is 2.65. The molecule has 0 radical (unpaired) electrons. The molecular formula is C16H11NO. The van der Waals surface area contributed by atoms with Crippen LogP contribution in [0.3, 0.4) is 0 Å². The van der Waals surface area contributed by atoms with Crippen molar-refractivity contribution in [1.29, 1.82) is 0 Å². The summed E-state index contributed by atoms with van der Waals surface area (Å²) in [6.07, 6.45) is 3.95. The monoisotopic (exact) mass is 233 g/mol. The van der Waals surface area contributed by atoms with Gasteiger partial charge in [-0.05, 0) is 23.4 Å². The number of hydrogen-bond donors (Lipinski definition) is 1. The summed E-state index contributed by atoms with van der Waals surface area (Å²) in [5.41, 5.74) is 2.13. The Morgan fingerprint density at radius 1 is 0.833 bits per heavy atom. The van der Waals surface area contributed by atoms with Gasteiger partial charge in [0.2, 0.25) is 0 Å². The number of fused-ring (bicyclic) bond motifs is 4. The molecule has 2 heteroatoms. The summed E-state index contributed by atoms with van der Waals surface area (Å²) in [6.45, 7) is 0. The van der Waals surface area contributed by atoms with Crippen LogP contribution in [0.25, 0.3) is 23.2 Å². The number of aromatic nitrogens is 1. The molecule has 86 valence electrons. The number of nitrogens with one attached hydrogen (secondary N) is 1. The van der Waals surface area contributed by atoms with Crippen molar-refractivity contribution in [1.82, 2.24) is 4.98 Å². The highest BCUT2D eigenvalue weighted by atomic mass is 16.5. The Labute approximate surface area is 104 Å². The highest BCUT2D eigenvalue weighted by Crippen LogP contribution is 2.31. The first-order chi connectivity index (χ1) is 8.92. The molecule has 0 saturated carbocycles. The lowest BCUT2D eigenvalue weighted by atomic mass is 10.2. The summed E-state index contributed by atoms with van der Waals surface area (Å²) >= 11 is 0. The summed E-state index contributed by atoms with van der Waals surface area (Å²) in [7, 11) is 0. The molecule has 0 atom stereocenters. The topological polar surface area (TPSA) is 25.0 Å². The summed E-state index contributed by atoms with van der Waals surface area (Å²) in [5, 5.41) is 3.39. The van der Waals surface area contributed by atoms with Gasteiger partial charge in [0.1, 0.15) is 0 Å². The predicted octanol–water partition coefficient (Wildman–Crippen LogP) is 2.13. The number of ether oxygens (including phenoxy) is 1. The van der Waals surface area contributed by atoms with Gasteiger partial charge in [-0.3, -0.25) is 0 Å². The smallest absolute Gasteiger partial charge is 0.159 e. The lowest BCUT2D eigenvalue weighted by molar-refractivity contribution is 0.546. The van der Waals surface area contributed by atoms with Crippen molar-refractivity contribution in [2.45, 2.75) is 0 Å². The molecule has 1 aromatic heterocycles. The van der Waals surface area contributed by atoms with Gasteiger partial charge >= 0.3 is 0 Å². The van der Waals surface area contributed by atoms with Crippen LogP contribution in [-0.4, -0.2) is 4.98 Å². The summed E-state index contributed by atoms with van der Waals surface area (Å²) in [5.74, 6) is 0.904. The third kappa shape index (κ3) is 1.29. The molecule has 18 heavy (non-hydrogen) atoms. The minimum atomic E-state index is 0.904. The lowest BCUT2D eigenvalue weighted by Crippen LogP contribution is -2.23. The normalized spacial score (nSPS) is 12.7. The van der Waals surface area contributed by atoms with Gasteiger partial charge in [-0.25, -0.2) is 0 Å². The van der Waals surface area contributed by atoms with Crippen LogP contribution in [0, 0.1) is 0 Å². The highest BCUT2D eigenvalue weighted by Gasteiger charge is 2.11. The highest BCUT2D eigenvalue weighted by molar-refractivity contribution is 5.91. The molecular weight excluding hydrogens is 222 g/mol. The van der Waals surface area contributed by atoms with Crippen molar-refractivity contribution in [3.63, 3.8) is 0 Å². The van der Waals surface area contributed by atoms with Crippen LogP contribution in [0.15, 0.2) is 48.5 Å². The van der Waals surface area contributed by atoms with Crippen LogP contribution in [0.2, 0.25) is 0 Å². The van der Waals surface area contributed by atoms with E-state index in [1.807, 2.05) is 30.5 Å². The number of aromatic amines is 1. The Balaban J connectivity index is 2.11. The van der Waals surface area contributed by atoms with Crippen molar-refractivity contribution >= 4 is 23.2 Å². The van der Waals surface area contributed by atoms with Gasteiger partial charge in [-0.2, -0.15) is 0 Å². The molecule has 0 fully saturated rings. The Morgan fingerprint density at radius 3 is 2.56 bits per heavy atom. The van der Waals surface area contributed by atoms with Gasteiger partial charge in [-0.1, -0.05) is 36.4 Å². The van der Waals surface area contributed by atoms with E-state index in [0.29, 0.717) is 0 Å². The van der Waals surface area contributed by atoms with Gasteiger partial charge in [0.15, 0.2) is 5.75 Å². The Bertz CT molecular complexity index is 858. The Hall–Kier alpha value is -2.48. The minimum absolute atomic E-state index is 0.904. The van der Waals surface area contributed by atoms with Crippen LogP contribution >= 0.6 is 0 Å². The second kappa shape index (κ2) is 3.50. The van der Waals surface area contributed by atoms with E-state index in [0.717, 1.165) is 27.6 Å². The molecule has 2 nitrogen and oxygen atoms in total. The quantitative estimate of drug-likeness (QED) is 0.632. The van der Waals surface area contributed by atoms with Gasteiger partial charge in [0.05, 0.1) is 12.0 Å². The van der Waals surface area contributed by atoms with Crippen LogP contribution in [0.5, 0.6) is 5.75 Å². The van der Waals surface area contributed by atoms with Crippen molar-refractivity contribution in [3.8, 4) is 5.75 Å². The van der Waals surface area contributed by atoms with Gasteiger partial charge < -0.3 is 9.72 Å². The van der Waals surface area contributed by atoms with Crippen LogP contribution < -0.4 is 15.2 Å². The molecule has 1 aliphatic rings. The van der Waals surface area contributed by atoms with Gasteiger partial charge in [0.25, 0.3) is 0 Å². The molecule has 4 rings (SSSR count). The largest absolute Gasteiger partial charge is 0.461 e. The molecule has 0 bridgehead atoms. The summed E-state index contributed by atoms with van der Waals surface area (Å²) in [6, 6.07) is 16.4. The molecule has 2 heterocycles. The maximum absolute atomic E-state index is 5.84. The van der Waals surface area contributed by atoms with Crippen LogP contribution in [-0.2, 0) is 0 Å². The minimum Gasteiger partial charge on any atom is -0.461 e. The Morgan fingerprint density at radius 2 is 1.61 bits per heavy atom. The van der Waals surface area contributed by atoms with E-state index in [1.54, 1.807) is 0 Å². The fourth-order valence-electron chi connectivity index (χ4n) is 2.39. The lowest BCUT2D eigenvalue weighted by Gasteiger charge is -1.97. The third-order valence-corrected chi connectivity index (χ3v) is 3.29. The summed E-state index contributed by atoms with van der Waals surface area (Å²) < 4.78 is 5.84. The molecule has 1 N–H and O–H groups in total. The molecule has 0 amide bonds. The molecule has 1 aliphatic heterocycles. The zero-order valence-corrected chi connectivity index (χ0v) is 9.68. The van der Waals surface area contributed by atoms with Crippen molar-refractivity contribution < 1.29 is 4.74 Å². The van der Waals surface area contributed by atoms with Crippen molar-refractivity contribution in [2.75, 3.05) is 0 Å². The fraction of sp³-hybridized carbons (Fsp3) is 0. The predicted molar refractivity (Wildman–Crippen MR) is 72.7 cm³/mol. The van der Waals surface area contributed by atoms with Crippen molar-refractivity contribution in [3.05, 3.63) is 64.7 Å². The standard InChI is InChI=1S/C16H11NO/c1-2-6-12-10-18-16-13-7-3-4-8-14(13)17-15(16)9-11(12)5-1/h1-10,17H. The first-order valence-corrected chi connectivity index (χ1v) is 5.96. The molecule has 2 aromatic carbocycles. The SMILES string of the molecule is C1=c2ccccc2=Cc2[nH]c3ccccc3c2O1. The molecule has 0 spiro atoms. The van der Waals surface area contributed by atoms with E-state index in [-0.39, 0.29) is 0 Å². The maximum atomic E-state index is 5.84.